The molecule has 0 saturated carbocycles. The maximum Gasteiger partial charge on any atom is 0.0722 e. The minimum absolute atomic E-state index is 0.307. The zero-order chi connectivity index (χ0) is 12.4. The van der Waals surface area contributed by atoms with Crippen molar-refractivity contribution >= 4 is 27.9 Å². The molecule has 0 amide bonds. The summed E-state index contributed by atoms with van der Waals surface area (Å²) in [5.74, 6) is 0. The van der Waals surface area contributed by atoms with Crippen molar-refractivity contribution in [3.63, 3.8) is 0 Å². The van der Waals surface area contributed by atoms with Crippen LogP contribution in [0.3, 0.4) is 0 Å². The number of hydrogen-bond acceptors (Lipinski definition) is 3. The van der Waals surface area contributed by atoms with Crippen LogP contribution >= 0.6 is 11.3 Å². The molecule has 2 aromatic heterocycles. The first-order valence-corrected chi connectivity index (χ1v) is 6.91. The fraction of sp³-hybridized carbons (Fsp3) is 0.133. The van der Waals surface area contributed by atoms with Crippen LogP contribution in [0.15, 0.2) is 53.4 Å². The third-order valence-electron chi connectivity index (χ3n) is 3.06. The predicted octanol–water partition coefficient (Wildman–Crippen LogP) is 4.47. The van der Waals surface area contributed by atoms with Crippen LogP contribution in [-0.2, 0) is 0 Å². The number of nitrogens with one attached hydrogen (secondary N) is 1. The zero-order valence-electron chi connectivity index (χ0n) is 10.1. The molecule has 0 aliphatic rings. The van der Waals surface area contributed by atoms with Gasteiger partial charge in [-0.05, 0) is 41.4 Å². The van der Waals surface area contributed by atoms with Crippen LogP contribution in [0.1, 0.15) is 18.5 Å². The summed E-state index contributed by atoms with van der Waals surface area (Å²) in [4.78, 5) is 4.37. The fourth-order valence-electron chi connectivity index (χ4n) is 2.06. The average molecular weight is 254 g/mol. The highest BCUT2D eigenvalue weighted by molar-refractivity contribution is 7.07. The van der Waals surface area contributed by atoms with Crippen LogP contribution in [0.5, 0.6) is 0 Å². The maximum absolute atomic E-state index is 4.37. The lowest BCUT2D eigenvalue weighted by molar-refractivity contribution is 0.892. The minimum atomic E-state index is 0.307. The lowest BCUT2D eigenvalue weighted by atomic mass is 10.1. The van der Waals surface area contributed by atoms with Gasteiger partial charge >= 0.3 is 0 Å². The largest absolute Gasteiger partial charge is 0.378 e. The highest BCUT2D eigenvalue weighted by atomic mass is 32.1. The molecule has 1 aromatic carbocycles. The van der Waals surface area contributed by atoms with E-state index in [1.54, 1.807) is 11.3 Å². The second-order valence-corrected chi connectivity index (χ2v) is 5.08. The Bertz CT molecular complexity index is 641. The molecule has 2 heterocycles. The Morgan fingerprint density at radius 3 is 2.89 bits per heavy atom. The second-order valence-electron chi connectivity index (χ2n) is 4.30. The number of para-hydroxylation sites is 1. The van der Waals surface area contributed by atoms with Crippen LogP contribution in [0.2, 0.25) is 0 Å². The Labute approximate surface area is 110 Å². The summed E-state index contributed by atoms with van der Waals surface area (Å²) in [6.07, 6.45) is 1.85. The summed E-state index contributed by atoms with van der Waals surface area (Å²) < 4.78 is 0. The molecule has 0 bridgehead atoms. The van der Waals surface area contributed by atoms with Gasteiger partial charge in [-0.1, -0.05) is 18.2 Å². The summed E-state index contributed by atoms with van der Waals surface area (Å²) in [5, 5.41) is 9.01. The molecule has 3 heteroatoms. The molecule has 1 unspecified atom stereocenters. The first-order valence-electron chi connectivity index (χ1n) is 5.97. The second kappa shape index (κ2) is 4.78. The Hall–Kier alpha value is -1.87. The molecule has 3 rings (SSSR count). The van der Waals surface area contributed by atoms with E-state index < -0.39 is 0 Å². The molecule has 0 radical (unpaired) electrons. The lowest BCUT2D eigenvalue weighted by Gasteiger charge is -2.15. The third kappa shape index (κ3) is 2.09. The molecule has 2 nitrogen and oxygen atoms in total. The van der Waals surface area contributed by atoms with E-state index >= 15 is 0 Å². The molecule has 0 aliphatic carbocycles. The highest BCUT2D eigenvalue weighted by Crippen LogP contribution is 2.26. The van der Waals surface area contributed by atoms with E-state index in [1.807, 2.05) is 30.5 Å². The van der Waals surface area contributed by atoms with Crippen molar-refractivity contribution in [1.29, 1.82) is 0 Å². The van der Waals surface area contributed by atoms with Crippen molar-refractivity contribution < 1.29 is 0 Å². The highest BCUT2D eigenvalue weighted by Gasteiger charge is 2.07. The van der Waals surface area contributed by atoms with E-state index in [4.69, 9.17) is 0 Å². The van der Waals surface area contributed by atoms with Crippen LogP contribution in [0.25, 0.3) is 10.9 Å². The van der Waals surface area contributed by atoms with Gasteiger partial charge in [-0.15, -0.1) is 0 Å². The van der Waals surface area contributed by atoms with Gasteiger partial charge in [0.2, 0.25) is 0 Å². The maximum atomic E-state index is 4.37. The van der Waals surface area contributed by atoms with E-state index in [0.29, 0.717) is 6.04 Å². The molecule has 0 fully saturated rings. The van der Waals surface area contributed by atoms with Gasteiger partial charge in [0.15, 0.2) is 0 Å². The lowest BCUT2D eigenvalue weighted by Crippen LogP contribution is -2.05. The number of aromatic nitrogens is 1. The van der Waals surface area contributed by atoms with Gasteiger partial charge in [0.1, 0.15) is 0 Å². The molecule has 1 N–H and O–H groups in total. The number of hydrogen-bond donors (Lipinski definition) is 1. The van der Waals surface area contributed by atoms with E-state index in [-0.39, 0.29) is 0 Å². The smallest absolute Gasteiger partial charge is 0.0722 e. The summed E-state index contributed by atoms with van der Waals surface area (Å²) in [7, 11) is 0. The summed E-state index contributed by atoms with van der Waals surface area (Å²) >= 11 is 1.73. The molecule has 0 saturated heterocycles. The monoisotopic (exact) mass is 254 g/mol. The van der Waals surface area contributed by atoms with E-state index in [2.05, 4.69) is 40.1 Å². The van der Waals surface area contributed by atoms with Gasteiger partial charge < -0.3 is 5.32 Å². The number of fused-ring (bicyclic) bond motifs is 1. The van der Waals surface area contributed by atoms with Gasteiger partial charge in [0.25, 0.3) is 0 Å². The zero-order valence-corrected chi connectivity index (χ0v) is 10.9. The molecule has 0 aliphatic heterocycles. The van der Waals surface area contributed by atoms with Crippen LogP contribution in [0, 0.1) is 0 Å². The number of thiophene rings is 1. The standard InChI is InChI=1S/C15H14N2S/c1-11(12-7-9-18-10-12)17-15-6-8-16-14-5-3-2-4-13(14)15/h2-11H,1H3,(H,16,17). The molecular formula is C15H14N2S. The quantitative estimate of drug-likeness (QED) is 0.746. The molecule has 0 spiro atoms. The van der Waals surface area contributed by atoms with Crippen molar-refractivity contribution in [3.8, 4) is 0 Å². The van der Waals surface area contributed by atoms with Crippen LogP contribution in [0.4, 0.5) is 5.69 Å². The Morgan fingerprint density at radius 2 is 2.06 bits per heavy atom. The summed E-state index contributed by atoms with van der Waals surface area (Å²) in [5.41, 5.74) is 3.49. The predicted molar refractivity (Wildman–Crippen MR) is 78.1 cm³/mol. The van der Waals surface area contributed by atoms with E-state index in [9.17, 15) is 0 Å². The number of pyridine rings is 1. The van der Waals surface area contributed by atoms with Crippen molar-refractivity contribution in [2.24, 2.45) is 0 Å². The number of anilines is 1. The molecule has 1 atom stereocenters. The minimum Gasteiger partial charge on any atom is -0.378 e. The first kappa shape index (κ1) is 11.2. The average Bonchev–Trinajstić information content (AvgIpc) is 2.93. The Kier molecular flexibility index (Phi) is 2.99. The van der Waals surface area contributed by atoms with Crippen molar-refractivity contribution in [3.05, 3.63) is 58.9 Å². The molecule has 3 aromatic rings. The van der Waals surface area contributed by atoms with Gasteiger partial charge in [-0.2, -0.15) is 11.3 Å². The topological polar surface area (TPSA) is 24.9 Å². The molecule has 18 heavy (non-hydrogen) atoms. The van der Waals surface area contributed by atoms with Crippen molar-refractivity contribution in [1.82, 2.24) is 4.98 Å². The first-order chi connectivity index (χ1) is 8.84. The Morgan fingerprint density at radius 1 is 1.17 bits per heavy atom. The summed E-state index contributed by atoms with van der Waals surface area (Å²) in [6, 6.07) is 12.7. The van der Waals surface area contributed by atoms with Crippen LogP contribution < -0.4 is 5.32 Å². The normalized spacial score (nSPS) is 12.5. The van der Waals surface area contributed by atoms with E-state index in [0.717, 1.165) is 11.2 Å². The van der Waals surface area contributed by atoms with E-state index in [1.165, 1.54) is 10.9 Å². The molecule has 90 valence electrons. The SMILES string of the molecule is CC(Nc1ccnc2ccccc12)c1ccsc1. The van der Waals surface area contributed by atoms with Gasteiger partial charge in [-0.25, -0.2) is 0 Å². The van der Waals surface area contributed by atoms with Crippen molar-refractivity contribution in [2.45, 2.75) is 13.0 Å². The van der Waals surface area contributed by atoms with Gasteiger partial charge in [-0.3, -0.25) is 4.98 Å². The number of rotatable bonds is 3. The molecular weight excluding hydrogens is 240 g/mol. The number of nitrogens with zero attached hydrogens (tertiary/aromatic N) is 1. The summed E-state index contributed by atoms with van der Waals surface area (Å²) in [6.45, 7) is 2.18. The van der Waals surface area contributed by atoms with Crippen LogP contribution in [-0.4, -0.2) is 4.98 Å². The van der Waals surface area contributed by atoms with Crippen molar-refractivity contribution in [2.75, 3.05) is 5.32 Å². The van der Waals surface area contributed by atoms with Gasteiger partial charge in [0.05, 0.1) is 5.52 Å². The Balaban J connectivity index is 1.95. The fourth-order valence-corrected chi connectivity index (χ4v) is 2.81. The van der Waals surface area contributed by atoms with Gasteiger partial charge in [0, 0.05) is 23.3 Å². The number of benzene rings is 1. The third-order valence-corrected chi connectivity index (χ3v) is 3.77.